The van der Waals surface area contributed by atoms with Crippen LogP contribution in [0.3, 0.4) is 0 Å². The molecule has 0 radical (unpaired) electrons. The van der Waals surface area contributed by atoms with Crippen LogP contribution in [0, 0.1) is 5.92 Å². The SMILES string of the molecule is CC1CC(NCc2ccc(CC(=O)O)cc2)C1. The lowest BCUT2D eigenvalue weighted by molar-refractivity contribution is -0.136. The van der Waals surface area contributed by atoms with E-state index in [-0.39, 0.29) is 6.42 Å². The quantitative estimate of drug-likeness (QED) is 0.819. The highest BCUT2D eigenvalue weighted by Crippen LogP contribution is 2.26. The molecule has 3 nitrogen and oxygen atoms in total. The van der Waals surface area contributed by atoms with Gasteiger partial charge in [-0.05, 0) is 29.9 Å². The summed E-state index contributed by atoms with van der Waals surface area (Å²) in [6.45, 7) is 3.16. The van der Waals surface area contributed by atoms with Crippen molar-refractivity contribution in [3.8, 4) is 0 Å². The number of rotatable bonds is 5. The van der Waals surface area contributed by atoms with Gasteiger partial charge >= 0.3 is 5.97 Å². The summed E-state index contributed by atoms with van der Waals surface area (Å²) in [4.78, 5) is 10.5. The number of aliphatic carboxylic acids is 1. The number of hydrogen-bond donors (Lipinski definition) is 2. The fraction of sp³-hybridized carbons (Fsp3) is 0.500. The van der Waals surface area contributed by atoms with Crippen LogP contribution in [0.1, 0.15) is 30.9 Å². The summed E-state index contributed by atoms with van der Waals surface area (Å²) in [5.74, 6) is 0.0878. The van der Waals surface area contributed by atoms with Crippen molar-refractivity contribution in [2.24, 2.45) is 5.92 Å². The molecule has 17 heavy (non-hydrogen) atoms. The molecule has 1 aromatic carbocycles. The molecule has 0 unspecified atom stereocenters. The van der Waals surface area contributed by atoms with Crippen molar-refractivity contribution in [1.29, 1.82) is 0 Å². The molecule has 0 atom stereocenters. The number of benzene rings is 1. The lowest BCUT2D eigenvalue weighted by Gasteiger charge is -2.33. The lowest BCUT2D eigenvalue weighted by atomic mass is 9.82. The maximum Gasteiger partial charge on any atom is 0.307 e. The van der Waals surface area contributed by atoms with E-state index in [2.05, 4.69) is 12.2 Å². The van der Waals surface area contributed by atoms with Crippen molar-refractivity contribution in [2.75, 3.05) is 0 Å². The van der Waals surface area contributed by atoms with Gasteiger partial charge in [-0.25, -0.2) is 0 Å². The van der Waals surface area contributed by atoms with Gasteiger partial charge in [-0.3, -0.25) is 4.79 Å². The molecule has 3 heteroatoms. The Bertz CT molecular complexity index is 380. The minimum atomic E-state index is -0.778. The van der Waals surface area contributed by atoms with Crippen molar-refractivity contribution in [2.45, 2.75) is 38.8 Å². The number of hydrogen-bond acceptors (Lipinski definition) is 2. The predicted octanol–water partition coefficient (Wildman–Crippen LogP) is 2.20. The first-order chi connectivity index (χ1) is 8.13. The molecule has 1 aliphatic carbocycles. The topological polar surface area (TPSA) is 49.3 Å². The second-order valence-electron chi connectivity index (χ2n) is 5.04. The van der Waals surface area contributed by atoms with E-state index in [1.807, 2.05) is 24.3 Å². The number of nitrogens with one attached hydrogen (secondary N) is 1. The number of carboxylic acid groups (broad SMARTS) is 1. The monoisotopic (exact) mass is 233 g/mol. The molecule has 92 valence electrons. The van der Waals surface area contributed by atoms with E-state index in [0.29, 0.717) is 6.04 Å². The molecule has 0 heterocycles. The summed E-state index contributed by atoms with van der Waals surface area (Å²) < 4.78 is 0. The van der Waals surface area contributed by atoms with Gasteiger partial charge < -0.3 is 10.4 Å². The molecule has 0 spiro atoms. The van der Waals surface area contributed by atoms with Crippen LogP contribution < -0.4 is 5.32 Å². The molecule has 0 aromatic heterocycles. The smallest absolute Gasteiger partial charge is 0.307 e. The van der Waals surface area contributed by atoms with Crippen molar-refractivity contribution in [3.05, 3.63) is 35.4 Å². The highest BCUT2D eigenvalue weighted by atomic mass is 16.4. The van der Waals surface area contributed by atoms with E-state index in [1.165, 1.54) is 18.4 Å². The van der Waals surface area contributed by atoms with Gasteiger partial charge in [-0.1, -0.05) is 31.2 Å². The van der Waals surface area contributed by atoms with Gasteiger partial charge in [0.1, 0.15) is 0 Å². The lowest BCUT2D eigenvalue weighted by Crippen LogP contribution is -2.39. The van der Waals surface area contributed by atoms with Crippen LogP contribution in [0.5, 0.6) is 0 Å². The van der Waals surface area contributed by atoms with Gasteiger partial charge in [0.05, 0.1) is 6.42 Å². The van der Waals surface area contributed by atoms with Crippen LogP contribution in [-0.4, -0.2) is 17.1 Å². The summed E-state index contributed by atoms with van der Waals surface area (Å²) >= 11 is 0. The van der Waals surface area contributed by atoms with Crippen molar-refractivity contribution in [3.63, 3.8) is 0 Å². The van der Waals surface area contributed by atoms with Crippen LogP contribution >= 0.6 is 0 Å². The maximum absolute atomic E-state index is 10.5. The van der Waals surface area contributed by atoms with Crippen LogP contribution in [0.2, 0.25) is 0 Å². The molecule has 0 bridgehead atoms. The van der Waals surface area contributed by atoms with E-state index in [1.54, 1.807) is 0 Å². The molecule has 0 amide bonds. The summed E-state index contributed by atoms with van der Waals surface area (Å²) in [6, 6.07) is 8.48. The van der Waals surface area contributed by atoms with Gasteiger partial charge in [-0.15, -0.1) is 0 Å². The average molecular weight is 233 g/mol. The Balaban J connectivity index is 1.79. The third-order valence-electron chi connectivity index (χ3n) is 3.35. The Labute approximate surface area is 102 Å². The van der Waals surface area contributed by atoms with E-state index >= 15 is 0 Å². The Morgan fingerprint density at radius 1 is 1.29 bits per heavy atom. The third-order valence-corrected chi connectivity index (χ3v) is 3.35. The second-order valence-corrected chi connectivity index (χ2v) is 5.04. The second kappa shape index (κ2) is 5.32. The van der Waals surface area contributed by atoms with E-state index in [4.69, 9.17) is 5.11 Å². The number of carboxylic acids is 1. The Morgan fingerprint density at radius 2 is 1.88 bits per heavy atom. The zero-order chi connectivity index (χ0) is 12.3. The molecule has 2 rings (SSSR count). The van der Waals surface area contributed by atoms with Crippen LogP contribution in [-0.2, 0) is 17.8 Å². The largest absolute Gasteiger partial charge is 0.481 e. The van der Waals surface area contributed by atoms with Gasteiger partial charge in [0.15, 0.2) is 0 Å². The standard InChI is InChI=1S/C14H19NO2/c1-10-6-13(7-10)15-9-12-4-2-11(3-5-12)8-14(16)17/h2-5,10,13,15H,6-9H2,1H3,(H,16,17). The third kappa shape index (κ3) is 3.56. The van der Waals surface area contributed by atoms with Crippen molar-refractivity contribution >= 4 is 5.97 Å². The zero-order valence-corrected chi connectivity index (χ0v) is 10.1. The predicted molar refractivity (Wildman–Crippen MR) is 66.8 cm³/mol. The molecule has 1 aromatic rings. The van der Waals surface area contributed by atoms with Gasteiger partial charge in [0.2, 0.25) is 0 Å². The highest BCUT2D eigenvalue weighted by Gasteiger charge is 2.24. The first-order valence-corrected chi connectivity index (χ1v) is 6.16. The average Bonchev–Trinajstić information content (AvgIpc) is 2.24. The summed E-state index contributed by atoms with van der Waals surface area (Å²) in [5, 5.41) is 12.2. The Morgan fingerprint density at radius 3 is 2.41 bits per heavy atom. The summed E-state index contributed by atoms with van der Waals surface area (Å²) in [7, 11) is 0. The molecular weight excluding hydrogens is 214 g/mol. The van der Waals surface area contributed by atoms with E-state index in [9.17, 15) is 4.79 Å². The van der Waals surface area contributed by atoms with E-state index in [0.717, 1.165) is 18.0 Å². The summed E-state index contributed by atoms with van der Waals surface area (Å²) in [5.41, 5.74) is 2.08. The molecular formula is C14H19NO2. The normalized spacial score (nSPS) is 23.1. The fourth-order valence-electron chi connectivity index (χ4n) is 2.28. The molecule has 2 N–H and O–H groups in total. The minimum Gasteiger partial charge on any atom is -0.481 e. The molecule has 1 aliphatic rings. The van der Waals surface area contributed by atoms with Gasteiger partial charge in [0.25, 0.3) is 0 Å². The minimum absolute atomic E-state index is 0.105. The maximum atomic E-state index is 10.5. The van der Waals surface area contributed by atoms with Crippen LogP contribution in [0.25, 0.3) is 0 Å². The number of carbonyl (C=O) groups is 1. The van der Waals surface area contributed by atoms with Crippen LogP contribution in [0.15, 0.2) is 24.3 Å². The van der Waals surface area contributed by atoms with Crippen LogP contribution in [0.4, 0.5) is 0 Å². The van der Waals surface area contributed by atoms with Gasteiger partial charge in [-0.2, -0.15) is 0 Å². The molecule has 1 saturated carbocycles. The van der Waals surface area contributed by atoms with E-state index < -0.39 is 5.97 Å². The van der Waals surface area contributed by atoms with Gasteiger partial charge in [0, 0.05) is 12.6 Å². The zero-order valence-electron chi connectivity index (χ0n) is 10.1. The Hall–Kier alpha value is -1.35. The molecule has 0 saturated heterocycles. The summed E-state index contributed by atoms with van der Waals surface area (Å²) in [6.07, 6.45) is 2.65. The fourth-order valence-corrected chi connectivity index (χ4v) is 2.28. The highest BCUT2D eigenvalue weighted by molar-refractivity contribution is 5.70. The first kappa shape index (κ1) is 12.1. The van der Waals surface area contributed by atoms with Crippen molar-refractivity contribution < 1.29 is 9.90 Å². The Kier molecular flexibility index (Phi) is 3.79. The van der Waals surface area contributed by atoms with Crippen molar-refractivity contribution in [1.82, 2.24) is 5.32 Å². The molecule has 0 aliphatic heterocycles. The molecule has 1 fully saturated rings. The first-order valence-electron chi connectivity index (χ1n) is 6.16.